The van der Waals surface area contributed by atoms with E-state index in [0.717, 1.165) is 57.8 Å². The van der Waals surface area contributed by atoms with Crippen LogP contribution >= 0.6 is 0 Å². The second-order valence-electron chi connectivity index (χ2n) is 16.8. The molecule has 0 rings (SSSR count). The second-order valence-corrected chi connectivity index (χ2v) is 16.8. The first-order chi connectivity index (χ1) is 27.0. The number of aliphatic hydroxyl groups is 2. The van der Waals surface area contributed by atoms with E-state index >= 15 is 0 Å². The number of unbranched alkanes of at least 4 members (excludes halogenated alkanes) is 34. The lowest BCUT2D eigenvalue weighted by Gasteiger charge is -2.20. The van der Waals surface area contributed by atoms with Crippen molar-refractivity contribution in [1.29, 1.82) is 0 Å². The van der Waals surface area contributed by atoms with Crippen LogP contribution in [-0.4, -0.2) is 47.4 Å². The first-order valence-electron chi connectivity index (χ1n) is 24.5. The molecule has 6 heteroatoms. The van der Waals surface area contributed by atoms with E-state index in [2.05, 4.69) is 19.2 Å². The van der Waals surface area contributed by atoms with Crippen molar-refractivity contribution in [3.8, 4) is 0 Å². The molecule has 0 spiro atoms. The molecule has 6 nitrogen and oxygen atoms in total. The Morgan fingerprint density at radius 2 is 0.836 bits per heavy atom. The summed E-state index contributed by atoms with van der Waals surface area (Å²) in [5.41, 5.74) is 0. The summed E-state index contributed by atoms with van der Waals surface area (Å²) < 4.78 is 5.45. The van der Waals surface area contributed by atoms with Crippen molar-refractivity contribution in [3.63, 3.8) is 0 Å². The van der Waals surface area contributed by atoms with Crippen molar-refractivity contribution < 1.29 is 24.5 Å². The van der Waals surface area contributed by atoms with Gasteiger partial charge in [0.1, 0.15) is 0 Å². The van der Waals surface area contributed by atoms with Gasteiger partial charge in [0, 0.05) is 12.8 Å². The van der Waals surface area contributed by atoms with E-state index in [-0.39, 0.29) is 18.5 Å². The van der Waals surface area contributed by atoms with E-state index in [1.807, 2.05) is 6.08 Å². The Balaban J connectivity index is 3.48. The van der Waals surface area contributed by atoms with Crippen molar-refractivity contribution in [2.75, 3.05) is 13.2 Å². The van der Waals surface area contributed by atoms with E-state index in [1.54, 1.807) is 6.08 Å². The molecule has 1 amide bonds. The van der Waals surface area contributed by atoms with Gasteiger partial charge in [-0.05, 0) is 32.1 Å². The smallest absolute Gasteiger partial charge is 0.305 e. The zero-order chi connectivity index (χ0) is 40.1. The van der Waals surface area contributed by atoms with Crippen molar-refractivity contribution in [2.45, 2.75) is 276 Å². The molecule has 3 N–H and O–H groups in total. The van der Waals surface area contributed by atoms with Gasteiger partial charge >= 0.3 is 5.97 Å². The maximum absolute atomic E-state index is 12.4. The molecule has 0 saturated heterocycles. The molecule has 0 radical (unpaired) electrons. The summed E-state index contributed by atoms with van der Waals surface area (Å²) in [6, 6.07) is -0.635. The molecule has 0 heterocycles. The number of ether oxygens (including phenoxy) is 1. The molecule has 0 bridgehead atoms. The van der Waals surface area contributed by atoms with Gasteiger partial charge in [-0.1, -0.05) is 231 Å². The van der Waals surface area contributed by atoms with Gasteiger partial charge in [-0.25, -0.2) is 0 Å². The molecule has 2 unspecified atom stereocenters. The Morgan fingerprint density at radius 3 is 1.24 bits per heavy atom. The summed E-state index contributed by atoms with van der Waals surface area (Å²) >= 11 is 0. The highest BCUT2D eigenvalue weighted by Crippen LogP contribution is 2.16. The Hall–Kier alpha value is -1.40. The lowest BCUT2D eigenvalue weighted by Crippen LogP contribution is -2.45. The van der Waals surface area contributed by atoms with E-state index in [0.29, 0.717) is 19.4 Å². The van der Waals surface area contributed by atoms with Gasteiger partial charge in [0.15, 0.2) is 0 Å². The van der Waals surface area contributed by atoms with Crippen molar-refractivity contribution >= 4 is 11.9 Å². The lowest BCUT2D eigenvalue weighted by atomic mass is 10.0. The minimum absolute atomic E-state index is 0.00638. The largest absolute Gasteiger partial charge is 0.466 e. The van der Waals surface area contributed by atoms with Crippen LogP contribution in [0.25, 0.3) is 0 Å². The summed E-state index contributed by atoms with van der Waals surface area (Å²) in [5, 5.41) is 23.0. The number of hydrogen-bond acceptors (Lipinski definition) is 5. The third-order valence-corrected chi connectivity index (χ3v) is 11.3. The first kappa shape index (κ1) is 53.6. The summed E-state index contributed by atoms with van der Waals surface area (Å²) in [4.78, 5) is 24.4. The second kappa shape index (κ2) is 45.3. The van der Waals surface area contributed by atoms with Gasteiger partial charge in [0.2, 0.25) is 5.91 Å². The average Bonchev–Trinajstić information content (AvgIpc) is 3.18. The maximum atomic E-state index is 12.4. The molecule has 0 aliphatic rings. The van der Waals surface area contributed by atoms with E-state index in [1.165, 1.54) is 180 Å². The number of amides is 1. The molecule has 0 saturated carbocycles. The zero-order valence-corrected chi connectivity index (χ0v) is 36.9. The zero-order valence-electron chi connectivity index (χ0n) is 36.9. The fourth-order valence-electron chi connectivity index (χ4n) is 7.51. The minimum Gasteiger partial charge on any atom is -0.466 e. The van der Waals surface area contributed by atoms with Crippen molar-refractivity contribution in [2.24, 2.45) is 0 Å². The van der Waals surface area contributed by atoms with Crippen LogP contribution in [0.4, 0.5) is 0 Å². The van der Waals surface area contributed by atoms with Gasteiger partial charge in [-0.2, -0.15) is 0 Å². The molecule has 0 aromatic heterocycles. The van der Waals surface area contributed by atoms with Gasteiger partial charge in [-0.3, -0.25) is 9.59 Å². The predicted octanol–water partition coefficient (Wildman–Crippen LogP) is 14.2. The van der Waals surface area contributed by atoms with E-state index < -0.39 is 12.1 Å². The fraction of sp³-hybridized carbons (Fsp3) is 0.918. The van der Waals surface area contributed by atoms with Crippen LogP contribution in [0.15, 0.2) is 12.2 Å². The SMILES string of the molecule is CCCCCCCCCCCCC/C=C/C(O)C(CO)NC(=O)CCCCCCCCCCCCCCCOC(=O)CCCCCCCCCCCCCC. The molecule has 55 heavy (non-hydrogen) atoms. The highest BCUT2D eigenvalue weighted by Gasteiger charge is 2.18. The van der Waals surface area contributed by atoms with Crippen LogP contribution in [0.2, 0.25) is 0 Å². The average molecular weight is 778 g/mol. The fourth-order valence-corrected chi connectivity index (χ4v) is 7.51. The first-order valence-corrected chi connectivity index (χ1v) is 24.5. The van der Waals surface area contributed by atoms with Crippen LogP contribution in [0.5, 0.6) is 0 Å². The van der Waals surface area contributed by atoms with Gasteiger partial charge in [-0.15, -0.1) is 0 Å². The van der Waals surface area contributed by atoms with E-state index in [9.17, 15) is 19.8 Å². The lowest BCUT2D eigenvalue weighted by molar-refractivity contribution is -0.143. The summed E-state index contributed by atoms with van der Waals surface area (Å²) in [6.07, 6.45) is 50.5. The molecule has 0 aromatic rings. The quantitative estimate of drug-likeness (QED) is 0.0325. The summed E-state index contributed by atoms with van der Waals surface area (Å²) in [7, 11) is 0. The molecular formula is C49H95NO5. The maximum Gasteiger partial charge on any atom is 0.305 e. The molecule has 0 aromatic carbocycles. The monoisotopic (exact) mass is 778 g/mol. The van der Waals surface area contributed by atoms with Gasteiger partial charge < -0.3 is 20.3 Å². The van der Waals surface area contributed by atoms with Crippen LogP contribution in [0, 0.1) is 0 Å². The van der Waals surface area contributed by atoms with Crippen LogP contribution < -0.4 is 5.32 Å². The number of aliphatic hydroxyl groups excluding tert-OH is 2. The van der Waals surface area contributed by atoms with E-state index in [4.69, 9.17) is 4.74 Å². The number of allylic oxidation sites excluding steroid dienone is 1. The number of hydrogen-bond donors (Lipinski definition) is 3. The number of nitrogens with one attached hydrogen (secondary N) is 1. The Morgan fingerprint density at radius 1 is 0.491 bits per heavy atom. The Kier molecular flexibility index (Phi) is 44.2. The van der Waals surface area contributed by atoms with Crippen molar-refractivity contribution in [1.82, 2.24) is 5.32 Å². The Labute approximate surface area is 342 Å². The number of carbonyl (C=O) groups excluding carboxylic acids is 2. The molecule has 0 aliphatic carbocycles. The van der Waals surface area contributed by atoms with Crippen LogP contribution in [-0.2, 0) is 14.3 Å². The van der Waals surface area contributed by atoms with Crippen LogP contribution in [0.3, 0.4) is 0 Å². The molecule has 0 fully saturated rings. The topological polar surface area (TPSA) is 95.9 Å². The third kappa shape index (κ3) is 42.0. The Bertz CT molecular complexity index is 817. The summed E-state index contributed by atoms with van der Waals surface area (Å²) in [6.45, 7) is 4.87. The molecule has 326 valence electrons. The minimum atomic E-state index is -0.850. The highest BCUT2D eigenvalue weighted by atomic mass is 16.5. The van der Waals surface area contributed by atoms with Gasteiger partial charge in [0.05, 0.1) is 25.4 Å². The molecule has 0 aliphatic heterocycles. The third-order valence-electron chi connectivity index (χ3n) is 11.3. The number of carbonyl (C=O) groups is 2. The summed E-state index contributed by atoms with van der Waals surface area (Å²) in [5.74, 6) is -0.0870. The molecule has 2 atom stereocenters. The highest BCUT2D eigenvalue weighted by molar-refractivity contribution is 5.76. The van der Waals surface area contributed by atoms with Crippen molar-refractivity contribution in [3.05, 3.63) is 12.2 Å². The normalized spacial score (nSPS) is 12.7. The molecular weight excluding hydrogens is 683 g/mol. The van der Waals surface area contributed by atoms with Crippen LogP contribution in [0.1, 0.15) is 264 Å². The number of rotatable bonds is 45. The van der Waals surface area contributed by atoms with Gasteiger partial charge in [0.25, 0.3) is 0 Å². The number of esters is 1. The predicted molar refractivity (Wildman–Crippen MR) is 237 cm³/mol. The standard InChI is InChI=1S/C49H95NO5/c1-3-5-7-9-11-13-15-18-21-25-29-33-37-41-47(52)46(45-51)50-48(53)42-38-34-30-26-22-19-17-20-24-28-32-36-40-44-55-49(54)43-39-35-31-27-23-16-14-12-10-8-6-4-2/h37,41,46-47,51-52H,3-36,38-40,42-45H2,1-2H3,(H,50,53)/b41-37+.